The molecule has 0 aliphatic heterocycles. The first-order chi connectivity index (χ1) is 20.2. The van der Waals surface area contributed by atoms with Gasteiger partial charge in [0.15, 0.2) is 0 Å². The summed E-state index contributed by atoms with van der Waals surface area (Å²) in [5, 5.41) is 12.1. The van der Waals surface area contributed by atoms with Crippen LogP contribution < -0.4 is 5.32 Å². The summed E-state index contributed by atoms with van der Waals surface area (Å²) in [6, 6.07) is 28.7. The highest BCUT2D eigenvalue weighted by atomic mass is 31.2. The second-order valence-corrected chi connectivity index (χ2v) is 11.6. The van der Waals surface area contributed by atoms with Crippen molar-refractivity contribution >= 4 is 25.2 Å². The molecule has 0 fully saturated rings. The monoisotopic (exact) mass is 585 g/mol. The van der Waals surface area contributed by atoms with Crippen LogP contribution in [0.1, 0.15) is 38.5 Å². The van der Waals surface area contributed by atoms with Crippen molar-refractivity contribution in [1.82, 2.24) is 5.32 Å². The molecule has 214 valence electrons. The van der Waals surface area contributed by atoms with Gasteiger partial charge in [0, 0.05) is 17.9 Å². The van der Waals surface area contributed by atoms with E-state index in [9.17, 15) is 28.9 Å². The predicted octanol–water partition coefficient (Wildman–Crippen LogP) is 5.76. The Labute approximate surface area is 242 Å². The third-order valence-electron chi connectivity index (χ3n) is 7.08. The molecule has 0 saturated heterocycles. The number of benzene rings is 4. The van der Waals surface area contributed by atoms with Gasteiger partial charge in [0.05, 0.1) is 6.61 Å². The van der Waals surface area contributed by atoms with Gasteiger partial charge in [-0.25, -0.2) is 9.59 Å². The first-order valence-corrected chi connectivity index (χ1v) is 14.8. The van der Waals surface area contributed by atoms with E-state index in [4.69, 9.17) is 9.26 Å². The Balaban J connectivity index is 1.18. The summed E-state index contributed by atoms with van der Waals surface area (Å²) in [5.41, 5.74) is 4.21. The zero-order valence-electron chi connectivity index (χ0n) is 22.4. The summed E-state index contributed by atoms with van der Waals surface area (Å²) >= 11 is 0. The summed E-state index contributed by atoms with van der Waals surface area (Å²) in [4.78, 5) is 47.3. The molecule has 1 unspecified atom stereocenters. The van der Waals surface area contributed by atoms with E-state index in [-0.39, 0.29) is 31.1 Å². The van der Waals surface area contributed by atoms with Gasteiger partial charge in [-0.2, -0.15) is 0 Å². The third kappa shape index (κ3) is 6.50. The minimum atomic E-state index is -4.61. The van der Waals surface area contributed by atoms with Gasteiger partial charge in [0.25, 0.3) is 5.52 Å². The molecule has 4 aromatic carbocycles. The lowest BCUT2D eigenvalue weighted by atomic mass is 9.98. The number of amides is 1. The van der Waals surface area contributed by atoms with Crippen molar-refractivity contribution in [2.45, 2.75) is 25.0 Å². The van der Waals surface area contributed by atoms with Crippen LogP contribution in [0.25, 0.3) is 11.1 Å². The van der Waals surface area contributed by atoms with E-state index in [1.807, 2.05) is 48.5 Å². The minimum Gasteiger partial charge on any atom is -0.480 e. The molecule has 1 aliphatic carbocycles. The van der Waals surface area contributed by atoms with Crippen LogP contribution in [0.4, 0.5) is 4.79 Å². The number of nitrogens with one attached hydrogen (secondary N) is 1. The second kappa shape index (κ2) is 12.5. The molecular weight excluding hydrogens is 557 g/mol. The van der Waals surface area contributed by atoms with Gasteiger partial charge in [-0.05, 0) is 33.4 Å². The number of hydrogen-bond donors (Lipinski definition) is 3. The molecule has 0 radical (unpaired) electrons. The summed E-state index contributed by atoms with van der Waals surface area (Å²) in [6.45, 7) is -0.170. The Morgan fingerprint density at radius 1 is 0.786 bits per heavy atom. The molecule has 0 aromatic heterocycles. The largest absolute Gasteiger partial charge is 0.480 e. The molecule has 1 amide bonds. The Morgan fingerprint density at radius 2 is 1.36 bits per heavy atom. The SMILES string of the molecule is O=C(N[C@@H](Cc1ccc(C(=O)P(=O)(O)OCc2ccccc2)cc1)C(=O)O)OCC1c2ccccc2-c2ccccc21. The fourth-order valence-corrected chi connectivity index (χ4v) is 5.88. The maximum absolute atomic E-state index is 12.6. The lowest BCUT2D eigenvalue weighted by Crippen LogP contribution is -2.42. The summed E-state index contributed by atoms with van der Waals surface area (Å²) in [6.07, 6.45) is -0.970. The number of carbonyl (C=O) groups is 3. The summed E-state index contributed by atoms with van der Waals surface area (Å²) in [7, 11) is -4.61. The number of carboxylic acids is 1. The highest BCUT2D eigenvalue weighted by Crippen LogP contribution is 2.46. The van der Waals surface area contributed by atoms with Crippen molar-refractivity contribution in [1.29, 1.82) is 0 Å². The van der Waals surface area contributed by atoms with Crippen molar-refractivity contribution < 1.29 is 38.2 Å². The van der Waals surface area contributed by atoms with Crippen LogP contribution >= 0.6 is 7.60 Å². The third-order valence-corrected chi connectivity index (χ3v) is 8.33. The quantitative estimate of drug-likeness (QED) is 0.189. The number of carboxylic acid groups (broad SMARTS) is 1. The van der Waals surface area contributed by atoms with Gasteiger partial charge < -0.3 is 20.1 Å². The van der Waals surface area contributed by atoms with Gasteiger partial charge in [-0.15, -0.1) is 0 Å². The van der Waals surface area contributed by atoms with E-state index in [1.54, 1.807) is 30.3 Å². The van der Waals surface area contributed by atoms with E-state index in [0.717, 1.165) is 22.3 Å². The normalized spacial score (nSPS) is 14.2. The number of aliphatic carboxylic acids is 1. The topological polar surface area (TPSA) is 139 Å². The van der Waals surface area contributed by atoms with Crippen LogP contribution in [0.2, 0.25) is 0 Å². The average Bonchev–Trinajstić information content (AvgIpc) is 3.33. The number of alkyl carbamates (subject to hydrolysis) is 1. The van der Waals surface area contributed by atoms with Crippen LogP contribution in [0.5, 0.6) is 0 Å². The number of carbonyl (C=O) groups excluding carboxylic acids is 2. The Bertz CT molecular complexity index is 1610. The second-order valence-electron chi connectivity index (χ2n) is 9.85. The van der Waals surface area contributed by atoms with Crippen LogP contribution in [-0.2, 0) is 31.6 Å². The number of hydrogen-bond acceptors (Lipinski definition) is 6. The molecular formula is C32H28NO8P. The molecule has 0 saturated carbocycles. The van der Waals surface area contributed by atoms with Crippen molar-refractivity contribution in [3.8, 4) is 11.1 Å². The first kappa shape index (κ1) is 29.0. The highest BCUT2D eigenvalue weighted by Gasteiger charge is 2.32. The average molecular weight is 586 g/mol. The van der Waals surface area contributed by atoms with Gasteiger partial charge >= 0.3 is 19.7 Å². The Morgan fingerprint density at radius 3 is 1.95 bits per heavy atom. The molecule has 0 heterocycles. The Hall–Kier alpha value is -4.56. The van der Waals surface area contributed by atoms with Crippen molar-refractivity contribution in [3.05, 3.63) is 131 Å². The van der Waals surface area contributed by atoms with Crippen LogP contribution in [-0.4, -0.2) is 40.2 Å². The summed E-state index contributed by atoms with van der Waals surface area (Å²) < 4.78 is 23.0. The molecule has 0 spiro atoms. The number of ether oxygens (including phenoxy) is 1. The molecule has 4 aromatic rings. The molecule has 2 atom stereocenters. The molecule has 3 N–H and O–H groups in total. The van der Waals surface area contributed by atoms with Gasteiger partial charge in [-0.3, -0.25) is 13.9 Å². The minimum absolute atomic E-state index is 0.0383. The molecule has 5 rings (SSSR count). The highest BCUT2D eigenvalue weighted by molar-refractivity contribution is 7.71. The Kier molecular flexibility index (Phi) is 8.64. The fourth-order valence-electron chi connectivity index (χ4n) is 4.96. The van der Waals surface area contributed by atoms with Crippen LogP contribution in [0, 0.1) is 0 Å². The van der Waals surface area contributed by atoms with Crippen molar-refractivity contribution in [2.75, 3.05) is 6.61 Å². The van der Waals surface area contributed by atoms with E-state index in [0.29, 0.717) is 11.1 Å². The lowest BCUT2D eigenvalue weighted by Gasteiger charge is -2.18. The molecule has 1 aliphatic rings. The fraction of sp³-hybridized carbons (Fsp3) is 0.156. The predicted molar refractivity (Wildman–Crippen MR) is 155 cm³/mol. The van der Waals surface area contributed by atoms with Crippen LogP contribution in [0.15, 0.2) is 103 Å². The van der Waals surface area contributed by atoms with Gasteiger partial charge in [0.1, 0.15) is 12.6 Å². The van der Waals surface area contributed by atoms with Gasteiger partial charge in [-0.1, -0.05) is 103 Å². The lowest BCUT2D eigenvalue weighted by molar-refractivity contribution is -0.139. The van der Waals surface area contributed by atoms with Crippen LogP contribution in [0.3, 0.4) is 0 Å². The smallest absolute Gasteiger partial charge is 0.407 e. The first-order valence-electron chi connectivity index (χ1n) is 13.2. The number of fused-ring (bicyclic) bond motifs is 3. The zero-order valence-corrected chi connectivity index (χ0v) is 23.3. The zero-order chi connectivity index (χ0) is 29.7. The van der Waals surface area contributed by atoms with E-state index < -0.39 is 31.2 Å². The van der Waals surface area contributed by atoms with E-state index >= 15 is 0 Å². The van der Waals surface area contributed by atoms with Gasteiger partial charge in [0.2, 0.25) is 0 Å². The number of rotatable bonds is 11. The molecule has 0 bridgehead atoms. The standard InChI is InChI=1S/C32H28NO8P/c34-30(35)29(33-32(37)40-20-28-26-12-6-4-10-24(26)25-11-5-7-13-27(25)28)18-21-14-16-23(17-15-21)31(36)42(38,39)41-19-22-8-2-1-3-9-22/h1-17,28-29H,18-20H2,(H,33,37)(H,34,35)(H,38,39)/t29-/m0/s1. The van der Waals surface area contributed by atoms with Crippen molar-refractivity contribution in [3.63, 3.8) is 0 Å². The van der Waals surface area contributed by atoms with Crippen molar-refractivity contribution in [2.24, 2.45) is 0 Å². The summed E-state index contributed by atoms with van der Waals surface area (Å²) in [5.74, 6) is -1.44. The van der Waals surface area contributed by atoms with E-state index in [1.165, 1.54) is 24.3 Å². The molecule has 10 heteroatoms. The van der Waals surface area contributed by atoms with E-state index in [2.05, 4.69) is 5.32 Å². The molecule has 9 nitrogen and oxygen atoms in total. The molecule has 42 heavy (non-hydrogen) atoms. The maximum Gasteiger partial charge on any atom is 0.407 e. The maximum atomic E-state index is 12.6.